The maximum atomic E-state index is 6.06. The first-order chi connectivity index (χ1) is 5.63. The number of hydrogen-bond donors (Lipinski definition) is 1. The van der Waals surface area contributed by atoms with Crippen LogP contribution in [-0.4, -0.2) is 6.04 Å². The zero-order valence-corrected chi connectivity index (χ0v) is 8.88. The van der Waals surface area contributed by atoms with Crippen LogP contribution in [0.1, 0.15) is 40.5 Å². The molecule has 4 unspecified atom stereocenters. The van der Waals surface area contributed by atoms with Crippen molar-refractivity contribution in [2.75, 3.05) is 0 Å². The highest BCUT2D eigenvalue weighted by Crippen LogP contribution is 2.49. The molecule has 4 atom stereocenters. The van der Waals surface area contributed by atoms with Crippen LogP contribution in [0.25, 0.3) is 0 Å². The minimum Gasteiger partial charge on any atom is -0.327 e. The molecule has 1 nitrogen and oxygen atoms in total. The number of rotatable bonds is 4. The average Bonchev–Trinajstić information content (AvgIpc) is 2.74. The molecular weight excluding hydrogens is 146 g/mol. The third-order valence-electron chi connectivity index (χ3n) is 3.79. The summed E-state index contributed by atoms with van der Waals surface area (Å²) in [6.07, 6.45) is 2.57. The van der Waals surface area contributed by atoms with Crippen LogP contribution < -0.4 is 5.73 Å². The van der Waals surface area contributed by atoms with E-state index in [1.165, 1.54) is 12.8 Å². The fourth-order valence-corrected chi connectivity index (χ4v) is 2.45. The van der Waals surface area contributed by atoms with Crippen molar-refractivity contribution in [2.45, 2.75) is 46.6 Å². The fraction of sp³-hybridized carbons (Fsp3) is 1.00. The first kappa shape index (κ1) is 10.0. The van der Waals surface area contributed by atoms with E-state index in [4.69, 9.17) is 5.73 Å². The minimum atomic E-state index is 0.509. The van der Waals surface area contributed by atoms with Crippen LogP contribution in [0.15, 0.2) is 0 Å². The predicted molar refractivity (Wildman–Crippen MR) is 53.9 cm³/mol. The Bertz CT molecular complexity index is 128. The summed E-state index contributed by atoms with van der Waals surface area (Å²) in [5.41, 5.74) is 6.06. The lowest BCUT2D eigenvalue weighted by atomic mass is 9.95. The van der Waals surface area contributed by atoms with Gasteiger partial charge in [-0.15, -0.1) is 0 Å². The number of hydrogen-bond acceptors (Lipinski definition) is 1. The zero-order chi connectivity index (χ0) is 9.30. The third kappa shape index (κ3) is 1.66. The van der Waals surface area contributed by atoms with E-state index < -0.39 is 0 Å². The Morgan fingerprint density at radius 3 is 1.58 bits per heavy atom. The average molecular weight is 169 g/mol. The molecule has 0 bridgehead atoms. The molecule has 1 saturated carbocycles. The summed E-state index contributed by atoms with van der Waals surface area (Å²) in [6, 6.07) is 0.509. The summed E-state index contributed by atoms with van der Waals surface area (Å²) in [5, 5.41) is 0. The van der Waals surface area contributed by atoms with Gasteiger partial charge in [0.15, 0.2) is 0 Å². The molecule has 0 aromatic heterocycles. The molecule has 0 spiro atoms. The molecule has 0 amide bonds. The maximum absolute atomic E-state index is 6.06. The van der Waals surface area contributed by atoms with E-state index in [0.29, 0.717) is 6.04 Å². The van der Waals surface area contributed by atoms with Crippen LogP contribution in [0.4, 0.5) is 0 Å². The Morgan fingerprint density at radius 2 is 1.33 bits per heavy atom. The lowest BCUT2D eigenvalue weighted by Crippen LogP contribution is -2.08. The summed E-state index contributed by atoms with van der Waals surface area (Å²) in [7, 11) is 0. The molecular formula is C11H23N. The SMILES string of the molecule is CCC(C)C1C(N)C1C(C)CC. The van der Waals surface area contributed by atoms with Gasteiger partial charge in [0.05, 0.1) is 0 Å². The van der Waals surface area contributed by atoms with Gasteiger partial charge in [-0.1, -0.05) is 40.5 Å². The number of nitrogens with two attached hydrogens (primary N) is 1. The van der Waals surface area contributed by atoms with E-state index in [1.807, 2.05) is 0 Å². The van der Waals surface area contributed by atoms with Gasteiger partial charge in [-0.25, -0.2) is 0 Å². The normalized spacial score (nSPS) is 39.2. The summed E-state index contributed by atoms with van der Waals surface area (Å²) >= 11 is 0. The molecule has 1 heteroatoms. The molecule has 0 radical (unpaired) electrons. The van der Waals surface area contributed by atoms with Gasteiger partial charge >= 0.3 is 0 Å². The van der Waals surface area contributed by atoms with Crippen molar-refractivity contribution in [1.29, 1.82) is 0 Å². The van der Waals surface area contributed by atoms with Gasteiger partial charge in [0.25, 0.3) is 0 Å². The topological polar surface area (TPSA) is 26.0 Å². The van der Waals surface area contributed by atoms with Gasteiger partial charge in [-0.2, -0.15) is 0 Å². The van der Waals surface area contributed by atoms with Crippen molar-refractivity contribution in [2.24, 2.45) is 29.4 Å². The van der Waals surface area contributed by atoms with Crippen LogP contribution in [0, 0.1) is 23.7 Å². The van der Waals surface area contributed by atoms with Crippen LogP contribution >= 0.6 is 0 Å². The summed E-state index contributed by atoms with van der Waals surface area (Å²) in [6.45, 7) is 9.21. The molecule has 1 fully saturated rings. The second kappa shape index (κ2) is 3.78. The Kier molecular flexibility index (Phi) is 3.16. The first-order valence-corrected chi connectivity index (χ1v) is 5.39. The van der Waals surface area contributed by atoms with E-state index in [1.54, 1.807) is 0 Å². The minimum absolute atomic E-state index is 0.509. The molecule has 1 rings (SSSR count). The van der Waals surface area contributed by atoms with Gasteiger partial charge in [0.1, 0.15) is 0 Å². The molecule has 0 aromatic carbocycles. The quantitative estimate of drug-likeness (QED) is 0.688. The van der Waals surface area contributed by atoms with E-state index in [2.05, 4.69) is 27.7 Å². The Balaban J connectivity index is 2.41. The standard InChI is InChI=1S/C11H23N/c1-5-7(3)9-10(11(9)12)8(4)6-2/h7-11H,5-6,12H2,1-4H3. The highest BCUT2D eigenvalue weighted by molar-refractivity contribution is 5.04. The lowest BCUT2D eigenvalue weighted by Gasteiger charge is -2.10. The smallest absolute Gasteiger partial charge is 0.0107 e. The molecule has 12 heavy (non-hydrogen) atoms. The molecule has 0 aliphatic heterocycles. The molecule has 0 saturated heterocycles. The van der Waals surface area contributed by atoms with Crippen molar-refractivity contribution in [3.63, 3.8) is 0 Å². The van der Waals surface area contributed by atoms with Crippen molar-refractivity contribution in [3.8, 4) is 0 Å². The monoisotopic (exact) mass is 169 g/mol. The third-order valence-corrected chi connectivity index (χ3v) is 3.79. The van der Waals surface area contributed by atoms with Crippen LogP contribution in [0.5, 0.6) is 0 Å². The van der Waals surface area contributed by atoms with E-state index in [9.17, 15) is 0 Å². The Hall–Kier alpha value is -0.0400. The largest absolute Gasteiger partial charge is 0.327 e. The van der Waals surface area contributed by atoms with Crippen molar-refractivity contribution >= 4 is 0 Å². The zero-order valence-electron chi connectivity index (χ0n) is 8.88. The maximum Gasteiger partial charge on any atom is 0.0107 e. The van der Waals surface area contributed by atoms with Gasteiger partial charge in [0.2, 0.25) is 0 Å². The van der Waals surface area contributed by atoms with Gasteiger partial charge < -0.3 is 5.73 Å². The van der Waals surface area contributed by atoms with Crippen LogP contribution in [-0.2, 0) is 0 Å². The van der Waals surface area contributed by atoms with Gasteiger partial charge in [-0.05, 0) is 23.7 Å². The molecule has 1 aliphatic carbocycles. The van der Waals surface area contributed by atoms with Gasteiger partial charge in [-0.3, -0.25) is 0 Å². The Morgan fingerprint density at radius 1 is 1.00 bits per heavy atom. The second-order valence-electron chi connectivity index (χ2n) is 4.50. The second-order valence-corrected chi connectivity index (χ2v) is 4.50. The molecule has 72 valence electrons. The first-order valence-electron chi connectivity index (χ1n) is 5.39. The highest BCUT2D eigenvalue weighted by Gasteiger charge is 2.51. The molecule has 0 aromatic rings. The van der Waals surface area contributed by atoms with Crippen molar-refractivity contribution in [1.82, 2.24) is 0 Å². The lowest BCUT2D eigenvalue weighted by molar-refractivity contribution is 0.391. The van der Waals surface area contributed by atoms with Crippen molar-refractivity contribution in [3.05, 3.63) is 0 Å². The summed E-state index contributed by atoms with van der Waals surface area (Å²) < 4.78 is 0. The molecule has 0 heterocycles. The van der Waals surface area contributed by atoms with E-state index in [-0.39, 0.29) is 0 Å². The molecule has 2 N–H and O–H groups in total. The van der Waals surface area contributed by atoms with E-state index >= 15 is 0 Å². The van der Waals surface area contributed by atoms with Gasteiger partial charge in [0, 0.05) is 6.04 Å². The molecule has 1 aliphatic rings. The summed E-state index contributed by atoms with van der Waals surface area (Å²) in [5.74, 6) is 3.31. The fourth-order valence-electron chi connectivity index (χ4n) is 2.45. The van der Waals surface area contributed by atoms with E-state index in [0.717, 1.165) is 23.7 Å². The predicted octanol–water partition coefficient (Wildman–Crippen LogP) is 2.65. The van der Waals surface area contributed by atoms with Crippen LogP contribution in [0.2, 0.25) is 0 Å². The Labute approximate surface area is 76.7 Å². The summed E-state index contributed by atoms with van der Waals surface area (Å²) in [4.78, 5) is 0. The highest BCUT2D eigenvalue weighted by atomic mass is 14.8. The van der Waals surface area contributed by atoms with Crippen molar-refractivity contribution < 1.29 is 0 Å². The van der Waals surface area contributed by atoms with Crippen LogP contribution in [0.3, 0.4) is 0 Å².